The molecule has 1 rings (SSSR count). The van der Waals surface area contributed by atoms with Crippen molar-refractivity contribution in [1.29, 1.82) is 0 Å². The zero-order chi connectivity index (χ0) is 13.1. The van der Waals surface area contributed by atoms with Crippen LogP contribution >= 0.6 is 0 Å². The van der Waals surface area contributed by atoms with E-state index < -0.39 is 5.31 Å². The minimum Gasteiger partial charge on any atom is -0.313 e. The molecule has 0 aliphatic rings. The van der Waals surface area contributed by atoms with Crippen molar-refractivity contribution in [2.75, 3.05) is 0 Å². The van der Waals surface area contributed by atoms with Crippen molar-refractivity contribution in [3.05, 3.63) is 48.2 Å². The first-order valence-corrected chi connectivity index (χ1v) is 5.62. The second-order valence-corrected chi connectivity index (χ2v) is 4.83. The van der Waals surface area contributed by atoms with Crippen LogP contribution in [0.4, 0.5) is 0 Å². The number of amides is 1. The van der Waals surface area contributed by atoms with Gasteiger partial charge in [0.15, 0.2) is 0 Å². The number of hydrogen-bond donors (Lipinski definition) is 0. The number of rotatable bonds is 4. The molecular formula is C14H18BNO. The van der Waals surface area contributed by atoms with E-state index in [2.05, 4.69) is 6.58 Å². The standard InChI is InChI=1S/C14H18BNO/c1-11(2)16(13(17)14(3,4)15)10-12-8-6-5-7-9-12/h5-9H,1,10H2,2-4H3. The lowest BCUT2D eigenvalue weighted by molar-refractivity contribution is -0.132. The van der Waals surface area contributed by atoms with Crippen LogP contribution in [0.1, 0.15) is 26.3 Å². The first kappa shape index (κ1) is 13.6. The van der Waals surface area contributed by atoms with E-state index in [1.54, 1.807) is 18.7 Å². The number of carbonyl (C=O) groups is 1. The molecule has 88 valence electrons. The van der Waals surface area contributed by atoms with Crippen LogP contribution in [-0.4, -0.2) is 18.7 Å². The Morgan fingerprint density at radius 2 is 1.88 bits per heavy atom. The largest absolute Gasteiger partial charge is 0.313 e. The third kappa shape index (κ3) is 3.77. The van der Waals surface area contributed by atoms with Crippen LogP contribution in [0.25, 0.3) is 0 Å². The summed E-state index contributed by atoms with van der Waals surface area (Å²) in [5, 5.41) is -0.881. The molecule has 0 saturated heterocycles. The highest BCUT2D eigenvalue weighted by atomic mass is 16.2. The lowest BCUT2D eigenvalue weighted by Gasteiger charge is -2.30. The highest BCUT2D eigenvalue weighted by Crippen LogP contribution is 2.25. The molecule has 0 spiro atoms. The summed E-state index contributed by atoms with van der Waals surface area (Å²) in [5.41, 5.74) is 1.77. The molecule has 0 heterocycles. The second kappa shape index (κ2) is 5.22. The van der Waals surface area contributed by atoms with Gasteiger partial charge >= 0.3 is 0 Å². The fourth-order valence-electron chi connectivity index (χ4n) is 1.49. The molecule has 0 aromatic heterocycles. The fourth-order valence-corrected chi connectivity index (χ4v) is 1.49. The summed E-state index contributed by atoms with van der Waals surface area (Å²) in [6, 6.07) is 9.80. The van der Waals surface area contributed by atoms with Crippen molar-refractivity contribution in [3.63, 3.8) is 0 Å². The lowest BCUT2D eigenvalue weighted by atomic mass is 9.71. The number of nitrogens with zero attached hydrogens (tertiary/aromatic N) is 1. The minimum absolute atomic E-state index is 0.117. The zero-order valence-corrected chi connectivity index (χ0v) is 10.7. The van der Waals surface area contributed by atoms with Crippen LogP contribution < -0.4 is 0 Å². The predicted molar refractivity (Wildman–Crippen MR) is 71.6 cm³/mol. The van der Waals surface area contributed by atoms with E-state index >= 15 is 0 Å². The molecular weight excluding hydrogens is 209 g/mol. The molecule has 0 aliphatic carbocycles. The number of hydrogen-bond acceptors (Lipinski definition) is 1. The quantitative estimate of drug-likeness (QED) is 0.724. The molecule has 0 aliphatic heterocycles. The molecule has 2 radical (unpaired) electrons. The van der Waals surface area contributed by atoms with Gasteiger partial charge in [-0.25, -0.2) is 0 Å². The maximum Gasteiger partial charge on any atom is 0.223 e. The van der Waals surface area contributed by atoms with Gasteiger partial charge in [-0.05, 0) is 12.5 Å². The number of benzene rings is 1. The summed E-state index contributed by atoms with van der Waals surface area (Å²) in [7, 11) is 5.84. The van der Waals surface area contributed by atoms with Crippen molar-refractivity contribution in [3.8, 4) is 0 Å². The first-order valence-electron chi connectivity index (χ1n) is 5.62. The van der Waals surface area contributed by atoms with Crippen LogP contribution in [0.3, 0.4) is 0 Å². The molecule has 2 nitrogen and oxygen atoms in total. The van der Waals surface area contributed by atoms with E-state index in [1.807, 2.05) is 37.3 Å². The zero-order valence-electron chi connectivity index (χ0n) is 10.7. The highest BCUT2D eigenvalue weighted by Gasteiger charge is 2.27. The van der Waals surface area contributed by atoms with Crippen molar-refractivity contribution < 1.29 is 4.79 Å². The van der Waals surface area contributed by atoms with E-state index in [1.165, 1.54) is 0 Å². The molecule has 1 aromatic carbocycles. The van der Waals surface area contributed by atoms with Crippen LogP contribution in [0.2, 0.25) is 5.31 Å². The van der Waals surface area contributed by atoms with Crippen molar-refractivity contribution in [1.82, 2.24) is 4.90 Å². The van der Waals surface area contributed by atoms with Gasteiger partial charge in [0.2, 0.25) is 5.91 Å². The highest BCUT2D eigenvalue weighted by molar-refractivity contribution is 6.27. The van der Waals surface area contributed by atoms with E-state index in [4.69, 9.17) is 7.85 Å². The van der Waals surface area contributed by atoms with Crippen molar-refractivity contribution >= 4 is 13.8 Å². The third-order valence-corrected chi connectivity index (χ3v) is 2.44. The van der Waals surface area contributed by atoms with Gasteiger partial charge in [0.1, 0.15) is 0 Å². The summed E-state index contributed by atoms with van der Waals surface area (Å²) in [5.74, 6) is -0.117. The minimum atomic E-state index is -0.881. The van der Waals surface area contributed by atoms with Gasteiger partial charge < -0.3 is 4.90 Å². The molecule has 0 bridgehead atoms. The summed E-state index contributed by atoms with van der Waals surface area (Å²) in [4.78, 5) is 13.8. The van der Waals surface area contributed by atoms with Gasteiger partial charge in [-0.2, -0.15) is 0 Å². The van der Waals surface area contributed by atoms with Crippen molar-refractivity contribution in [2.45, 2.75) is 32.6 Å². The van der Waals surface area contributed by atoms with E-state index in [9.17, 15) is 4.79 Å². The predicted octanol–water partition coefficient (Wildman–Crippen LogP) is 2.92. The maximum atomic E-state index is 12.2. The Kier molecular flexibility index (Phi) is 4.16. The first-order chi connectivity index (χ1) is 7.82. The molecule has 0 saturated carbocycles. The molecule has 0 unspecified atom stereocenters. The number of allylic oxidation sites excluding steroid dienone is 1. The van der Waals surface area contributed by atoms with Gasteiger partial charge in [0.05, 0.1) is 14.4 Å². The SMILES string of the molecule is [B]C(C)(C)C(=O)N(Cc1ccccc1)C(=C)C. The lowest BCUT2D eigenvalue weighted by Crippen LogP contribution is -2.35. The van der Waals surface area contributed by atoms with Gasteiger partial charge in [0.25, 0.3) is 0 Å². The number of carbonyl (C=O) groups excluding carboxylic acids is 1. The Balaban J connectivity index is 2.89. The van der Waals surface area contributed by atoms with Gasteiger partial charge in [-0.15, -0.1) is 0 Å². The topological polar surface area (TPSA) is 20.3 Å². The van der Waals surface area contributed by atoms with Crippen LogP contribution in [-0.2, 0) is 11.3 Å². The van der Waals surface area contributed by atoms with E-state index in [0.29, 0.717) is 12.2 Å². The Morgan fingerprint density at radius 3 is 2.29 bits per heavy atom. The molecule has 3 heteroatoms. The molecule has 0 N–H and O–H groups in total. The molecule has 17 heavy (non-hydrogen) atoms. The summed E-state index contributed by atoms with van der Waals surface area (Å²) >= 11 is 0. The molecule has 1 amide bonds. The Bertz CT molecular complexity index is 406. The average molecular weight is 227 g/mol. The Hall–Kier alpha value is -1.51. The van der Waals surface area contributed by atoms with Gasteiger partial charge in [0, 0.05) is 11.0 Å². The molecule has 1 aromatic rings. The van der Waals surface area contributed by atoms with Crippen LogP contribution in [0.15, 0.2) is 42.6 Å². The normalized spacial score (nSPS) is 11.0. The second-order valence-electron chi connectivity index (χ2n) is 4.83. The summed E-state index contributed by atoms with van der Waals surface area (Å²) < 4.78 is 0. The molecule has 0 atom stereocenters. The van der Waals surface area contributed by atoms with Gasteiger partial charge in [-0.3, -0.25) is 4.79 Å². The van der Waals surface area contributed by atoms with E-state index in [-0.39, 0.29) is 5.91 Å². The fraction of sp³-hybridized carbons (Fsp3) is 0.357. The Morgan fingerprint density at radius 1 is 1.35 bits per heavy atom. The Labute approximate surface area is 105 Å². The average Bonchev–Trinajstić information content (AvgIpc) is 2.24. The maximum absolute atomic E-state index is 12.2. The summed E-state index contributed by atoms with van der Waals surface area (Å²) in [6.45, 7) is 9.57. The van der Waals surface area contributed by atoms with Gasteiger partial charge in [-0.1, -0.05) is 50.8 Å². The molecule has 0 fully saturated rings. The van der Waals surface area contributed by atoms with E-state index in [0.717, 1.165) is 5.56 Å². The van der Waals surface area contributed by atoms with Crippen LogP contribution in [0.5, 0.6) is 0 Å². The van der Waals surface area contributed by atoms with Crippen LogP contribution in [0, 0.1) is 0 Å². The monoisotopic (exact) mass is 227 g/mol. The van der Waals surface area contributed by atoms with Crippen molar-refractivity contribution in [2.24, 2.45) is 0 Å². The smallest absolute Gasteiger partial charge is 0.223 e. The third-order valence-electron chi connectivity index (χ3n) is 2.44. The summed E-state index contributed by atoms with van der Waals surface area (Å²) in [6.07, 6.45) is 0.